The molecule has 0 fully saturated rings. The summed E-state index contributed by atoms with van der Waals surface area (Å²) in [6, 6.07) is 4.18. The Morgan fingerprint density at radius 1 is 1.29 bits per heavy atom. The summed E-state index contributed by atoms with van der Waals surface area (Å²) in [4.78, 5) is 0. The Morgan fingerprint density at radius 3 is 2.29 bits per heavy atom. The molecule has 0 amide bonds. The average Bonchev–Trinajstić information content (AvgIpc) is 1.83. The normalized spacial score (nSPS) is 12.6. The van der Waals surface area contributed by atoms with E-state index in [2.05, 4.69) is 0 Å². The van der Waals surface area contributed by atoms with Crippen LogP contribution >= 0.6 is 0 Å². The summed E-state index contributed by atoms with van der Waals surface area (Å²) < 4.78 is 14.0. The van der Waals surface area contributed by atoms with Crippen LogP contribution in [0.2, 0.25) is 0 Å². The molecule has 0 aliphatic rings. The molecule has 1 heterocycles. The number of aromatic nitrogens is 1. The predicted octanol–water partition coefficient (Wildman–Crippen LogP) is 0.320. The Kier molecular flexibility index (Phi) is 0.527. The second kappa shape index (κ2) is 1.60. The molecular formula is C5H5NO. The molecule has 0 saturated heterocycles. The van der Waals surface area contributed by atoms with Gasteiger partial charge in [-0.1, -0.05) is 6.07 Å². The number of hydrogen-bond donors (Lipinski definition) is 0. The molecular weight excluding hydrogens is 90.1 g/mol. The highest BCUT2D eigenvalue weighted by Crippen LogP contribution is 1.72. The van der Waals surface area contributed by atoms with Crippen LogP contribution in [0.15, 0.2) is 30.5 Å². The smallest absolute Gasteiger partial charge is 0.180 e. The highest BCUT2D eigenvalue weighted by Gasteiger charge is 1.74. The molecule has 0 bridgehead atoms. The monoisotopic (exact) mass is 99.1 g/mol. The Hall–Kier alpha value is -1.05. The molecule has 0 unspecified atom stereocenters. The lowest BCUT2D eigenvalue weighted by molar-refractivity contribution is -0.605. The third-order valence-corrected chi connectivity index (χ3v) is 0.576. The van der Waals surface area contributed by atoms with Crippen molar-refractivity contribution >= 4 is 0 Å². The van der Waals surface area contributed by atoms with E-state index in [-0.39, 0.29) is 17.1 Å². The molecule has 0 saturated carbocycles. The van der Waals surface area contributed by atoms with Gasteiger partial charge in [0, 0.05) is 12.1 Å². The van der Waals surface area contributed by atoms with Crippen LogP contribution in [0.5, 0.6) is 0 Å². The Bertz CT molecular complexity index is 206. The molecule has 0 aliphatic carbocycles. The summed E-state index contributed by atoms with van der Waals surface area (Å²) in [5.74, 6) is 0. The van der Waals surface area contributed by atoms with Crippen molar-refractivity contribution in [3.05, 3.63) is 35.8 Å². The van der Waals surface area contributed by atoms with E-state index in [1.54, 1.807) is 0 Å². The molecule has 1 aromatic heterocycles. The third kappa shape index (κ3) is 0.892. The molecule has 0 aromatic carbocycles. The maximum atomic E-state index is 10.5. The van der Waals surface area contributed by atoms with Crippen molar-refractivity contribution < 1.29 is 7.47 Å². The molecule has 0 spiro atoms. The number of pyridine rings is 1. The first-order valence-electron chi connectivity index (χ1n) is 2.87. The van der Waals surface area contributed by atoms with Crippen LogP contribution in [-0.4, -0.2) is 0 Å². The maximum absolute atomic E-state index is 10.5. The maximum Gasteiger partial charge on any atom is 0.180 e. The zero-order valence-electron chi connectivity index (χ0n) is 5.59. The van der Waals surface area contributed by atoms with Crippen molar-refractivity contribution in [3.8, 4) is 0 Å². The van der Waals surface area contributed by atoms with Crippen molar-refractivity contribution in [2.45, 2.75) is 0 Å². The SMILES string of the molecule is [3H]c1cccc([3H])[n+]1[O-]. The minimum absolute atomic E-state index is 0.192. The van der Waals surface area contributed by atoms with Crippen molar-refractivity contribution in [1.82, 2.24) is 0 Å². The number of nitrogens with zero attached hydrogens (tertiary/aromatic N) is 1. The van der Waals surface area contributed by atoms with Crippen LogP contribution < -0.4 is 4.73 Å². The van der Waals surface area contributed by atoms with E-state index in [0.29, 0.717) is 0 Å². The molecule has 0 radical (unpaired) electrons. The minimum atomic E-state index is -0.192. The highest BCUT2D eigenvalue weighted by molar-refractivity contribution is 4.83. The predicted molar refractivity (Wildman–Crippen MR) is 25.4 cm³/mol. The summed E-state index contributed by atoms with van der Waals surface area (Å²) in [7, 11) is 0. The minimum Gasteiger partial charge on any atom is -0.619 e. The van der Waals surface area contributed by atoms with Gasteiger partial charge in [-0.25, -0.2) is 0 Å². The molecule has 1 aromatic rings. The summed E-state index contributed by atoms with van der Waals surface area (Å²) in [6.45, 7) is 0. The first-order valence-corrected chi connectivity index (χ1v) is 1.87. The van der Waals surface area contributed by atoms with Gasteiger partial charge in [-0.05, 0) is 0 Å². The zero-order valence-corrected chi connectivity index (χ0v) is 3.59. The van der Waals surface area contributed by atoms with Gasteiger partial charge in [0.2, 0.25) is 0 Å². The quantitative estimate of drug-likeness (QED) is 0.340. The standard InChI is InChI=1S/C5H5NO/c7-6-4-2-1-3-5-6/h1-5H/i4T,5T. The van der Waals surface area contributed by atoms with Crippen molar-refractivity contribution in [2.75, 3.05) is 0 Å². The largest absolute Gasteiger partial charge is 0.619 e. The Balaban J connectivity index is 3.25. The molecule has 2 heteroatoms. The second-order valence-electron chi connectivity index (χ2n) is 1.08. The van der Waals surface area contributed by atoms with E-state index in [0.717, 1.165) is 0 Å². The van der Waals surface area contributed by atoms with Gasteiger partial charge in [0.25, 0.3) is 0 Å². The molecule has 0 aliphatic heterocycles. The van der Waals surface area contributed by atoms with Gasteiger partial charge in [0.1, 0.15) is 2.74 Å². The van der Waals surface area contributed by atoms with E-state index in [4.69, 9.17) is 2.74 Å². The van der Waals surface area contributed by atoms with Crippen molar-refractivity contribution in [1.29, 1.82) is 0 Å². The summed E-state index contributed by atoms with van der Waals surface area (Å²) in [5.41, 5.74) is 0. The average molecular weight is 99.1 g/mol. The topological polar surface area (TPSA) is 26.9 Å². The first-order chi connectivity index (χ1) is 4.22. The van der Waals surface area contributed by atoms with Crippen LogP contribution in [0.3, 0.4) is 0 Å². The van der Waals surface area contributed by atoms with Crippen LogP contribution in [0.4, 0.5) is 0 Å². The van der Waals surface area contributed by atoms with Crippen LogP contribution in [0.1, 0.15) is 2.74 Å². The molecule has 0 atom stereocenters. The van der Waals surface area contributed by atoms with Gasteiger partial charge in [-0.2, -0.15) is 4.73 Å². The Labute approximate surface area is 44.4 Å². The fourth-order valence-corrected chi connectivity index (χ4v) is 0.307. The van der Waals surface area contributed by atoms with Gasteiger partial charge in [-0.15, -0.1) is 0 Å². The first kappa shape index (κ1) is 2.31. The van der Waals surface area contributed by atoms with Crippen molar-refractivity contribution in [2.24, 2.45) is 0 Å². The molecule has 7 heavy (non-hydrogen) atoms. The summed E-state index contributed by atoms with van der Waals surface area (Å²) in [6.07, 6.45) is -0.384. The fourth-order valence-electron chi connectivity index (χ4n) is 0.307. The van der Waals surface area contributed by atoms with E-state index >= 15 is 0 Å². The highest BCUT2D eigenvalue weighted by atomic mass is 16.5. The third-order valence-electron chi connectivity index (χ3n) is 0.576. The van der Waals surface area contributed by atoms with Crippen LogP contribution in [0.25, 0.3) is 0 Å². The van der Waals surface area contributed by atoms with E-state index < -0.39 is 0 Å². The van der Waals surface area contributed by atoms with Gasteiger partial charge >= 0.3 is 0 Å². The van der Waals surface area contributed by atoms with Crippen LogP contribution in [0, 0.1) is 5.21 Å². The van der Waals surface area contributed by atoms with Gasteiger partial charge in [0.05, 0.1) is 0 Å². The van der Waals surface area contributed by atoms with Crippen molar-refractivity contribution in [3.63, 3.8) is 0 Å². The molecule has 0 N–H and O–H groups in total. The molecule has 1 rings (SSSR count). The lowest BCUT2D eigenvalue weighted by Crippen LogP contribution is -2.22. The zero-order chi connectivity index (χ0) is 6.85. The van der Waals surface area contributed by atoms with Crippen LogP contribution in [-0.2, 0) is 0 Å². The number of rotatable bonds is 0. The van der Waals surface area contributed by atoms with Gasteiger partial charge < -0.3 is 5.21 Å². The Morgan fingerprint density at radius 2 is 1.86 bits per heavy atom. The lowest BCUT2D eigenvalue weighted by atomic mass is 10.5. The second-order valence-corrected chi connectivity index (χ2v) is 1.08. The van der Waals surface area contributed by atoms with E-state index in [9.17, 15) is 5.21 Å². The summed E-state index contributed by atoms with van der Waals surface area (Å²) >= 11 is 0. The van der Waals surface area contributed by atoms with Gasteiger partial charge in [-0.3, -0.25) is 0 Å². The van der Waals surface area contributed by atoms with E-state index in [1.807, 2.05) is 0 Å². The van der Waals surface area contributed by atoms with E-state index in [1.165, 1.54) is 18.2 Å². The molecule has 2 nitrogen and oxygen atoms in total. The fraction of sp³-hybridized carbons (Fsp3) is 0. The lowest BCUT2D eigenvalue weighted by Gasteiger charge is -1.88. The summed E-state index contributed by atoms with van der Waals surface area (Å²) in [5, 5.41) is 10.5. The van der Waals surface area contributed by atoms with Gasteiger partial charge in [0.15, 0.2) is 12.3 Å². The number of hydrogen-bond acceptors (Lipinski definition) is 1. The molecule has 36 valence electrons.